The van der Waals surface area contributed by atoms with Gasteiger partial charge in [0.1, 0.15) is 5.82 Å². The van der Waals surface area contributed by atoms with Crippen LogP contribution in [0.25, 0.3) is 0 Å². The summed E-state index contributed by atoms with van der Waals surface area (Å²) >= 11 is 0. The predicted octanol–water partition coefficient (Wildman–Crippen LogP) is 2.79. The quantitative estimate of drug-likeness (QED) is 0.808. The number of halogens is 1. The Balaban J connectivity index is 1.65. The van der Waals surface area contributed by atoms with Crippen molar-refractivity contribution < 1.29 is 4.39 Å². The number of benzene rings is 1. The van der Waals surface area contributed by atoms with Crippen molar-refractivity contribution in [1.29, 1.82) is 0 Å². The number of hydrogen-bond acceptors (Lipinski definition) is 2. The first kappa shape index (κ1) is 13.5. The largest absolute Gasteiger partial charge is 0.311 e. The molecule has 1 fully saturated rings. The van der Waals surface area contributed by atoms with Crippen LogP contribution in [0.3, 0.4) is 0 Å². The zero-order valence-electron chi connectivity index (χ0n) is 11.0. The van der Waals surface area contributed by atoms with Crippen LogP contribution in [-0.4, -0.2) is 31.1 Å². The molecule has 1 aliphatic rings. The van der Waals surface area contributed by atoms with Crippen molar-refractivity contribution >= 4 is 0 Å². The highest BCUT2D eigenvalue weighted by Crippen LogP contribution is 2.09. The molecule has 1 aromatic carbocycles. The van der Waals surface area contributed by atoms with Gasteiger partial charge < -0.3 is 10.2 Å². The maximum Gasteiger partial charge on any atom is 0.127 e. The number of hydrogen-bond donors (Lipinski definition) is 1. The van der Waals surface area contributed by atoms with Gasteiger partial charge in [-0.25, -0.2) is 4.39 Å². The Labute approximate surface area is 109 Å². The molecule has 18 heavy (non-hydrogen) atoms. The summed E-state index contributed by atoms with van der Waals surface area (Å²) in [6, 6.07) is 6.98. The van der Waals surface area contributed by atoms with Crippen LogP contribution in [0, 0.1) is 5.82 Å². The summed E-state index contributed by atoms with van der Waals surface area (Å²) in [5, 5.41) is 3.33. The van der Waals surface area contributed by atoms with E-state index in [1.807, 2.05) is 12.1 Å². The van der Waals surface area contributed by atoms with E-state index >= 15 is 0 Å². The second-order valence-corrected chi connectivity index (χ2v) is 5.02. The summed E-state index contributed by atoms with van der Waals surface area (Å²) < 4.78 is 13.4. The van der Waals surface area contributed by atoms with E-state index in [2.05, 4.69) is 10.2 Å². The monoisotopic (exact) mass is 250 g/mol. The summed E-state index contributed by atoms with van der Waals surface area (Å²) in [5.41, 5.74) is 0.758. The van der Waals surface area contributed by atoms with Gasteiger partial charge in [-0.15, -0.1) is 0 Å². The molecule has 0 unspecified atom stereocenters. The lowest BCUT2D eigenvalue weighted by atomic mass is 10.2. The zero-order valence-corrected chi connectivity index (χ0v) is 11.0. The molecule has 0 aliphatic carbocycles. The molecule has 1 aromatic rings. The molecular formula is C15H23FN2. The van der Waals surface area contributed by atoms with E-state index in [0.29, 0.717) is 6.54 Å². The fourth-order valence-electron chi connectivity index (χ4n) is 2.46. The molecule has 0 bridgehead atoms. The molecule has 2 nitrogen and oxygen atoms in total. The Morgan fingerprint density at radius 1 is 1.06 bits per heavy atom. The van der Waals surface area contributed by atoms with Crippen molar-refractivity contribution in [3.8, 4) is 0 Å². The molecule has 0 atom stereocenters. The number of nitrogens with one attached hydrogen (secondary N) is 1. The van der Waals surface area contributed by atoms with E-state index in [0.717, 1.165) is 18.7 Å². The highest BCUT2D eigenvalue weighted by atomic mass is 19.1. The van der Waals surface area contributed by atoms with Crippen molar-refractivity contribution in [3.05, 3.63) is 35.6 Å². The van der Waals surface area contributed by atoms with Gasteiger partial charge in [0.15, 0.2) is 0 Å². The summed E-state index contributed by atoms with van der Waals surface area (Å²) in [6.07, 6.45) is 5.40. The van der Waals surface area contributed by atoms with Gasteiger partial charge in [0.25, 0.3) is 0 Å². The van der Waals surface area contributed by atoms with Crippen LogP contribution in [0.15, 0.2) is 24.3 Å². The fourth-order valence-corrected chi connectivity index (χ4v) is 2.46. The fraction of sp³-hybridized carbons (Fsp3) is 0.600. The molecule has 0 amide bonds. The second kappa shape index (κ2) is 7.49. The molecular weight excluding hydrogens is 227 g/mol. The SMILES string of the molecule is Fc1ccccc1CNCCN1CCCCCC1. The van der Waals surface area contributed by atoms with Gasteiger partial charge in [-0.1, -0.05) is 31.0 Å². The van der Waals surface area contributed by atoms with E-state index < -0.39 is 0 Å². The Hall–Kier alpha value is -0.930. The van der Waals surface area contributed by atoms with Gasteiger partial charge in [-0.05, 0) is 32.0 Å². The summed E-state index contributed by atoms with van der Waals surface area (Å²) in [6.45, 7) is 5.09. The van der Waals surface area contributed by atoms with Gasteiger partial charge in [0.2, 0.25) is 0 Å². The standard InChI is InChI=1S/C15H23FN2/c16-15-8-4-3-7-14(15)13-17-9-12-18-10-5-1-2-6-11-18/h3-4,7-8,17H,1-2,5-6,9-13H2. The third-order valence-electron chi connectivity index (χ3n) is 3.58. The lowest BCUT2D eigenvalue weighted by Gasteiger charge is -2.19. The minimum absolute atomic E-state index is 0.111. The van der Waals surface area contributed by atoms with Gasteiger partial charge >= 0.3 is 0 Å². The Kier molecular flexibility index (Phi) is 5.62. The van der Waals surface area contributed by atoms with Gasteiger partial charge in [0.05, 0.1) is 0 Å². The molecule has 1 aliphatic heterocycles. The number of likely N-dealkylation sites (tertiary alicyclic amines) is 1. The molecule has 1 heterocycles. The third kappa shape index (κ3) is 4.39. The van der Waals surface area contributed by atoms with Crippen molar-refractivity contribution in [2.24, 2.45) is 0 Å². The highest BCUT2D eigenvalue weighted by molar-refractivity contribution is 5.16. The van der Waals surface area contributed by atoms with Crippen LogP contribution < -0.4 is 5.32 Å². The summed E-state index contributed by atoms with van der Waals surface area (Å²) in [4.78, 5) is 2.52. The van der Waals surface area contributed by atoms with Gasteiger partial charge in [-0.3, -0.25) is 0 Å². The van der Waals surface area contributed by atoms with Crippen LogP contribution in [0.4, 0.5) is 4.39 Å². The van der Waals surface area contributed by atoms with Crippen LogP contribution in [0.5, 0.6) is 0 Å². The average molecular weight is 250 g/mol. The predicted molar refractivity (Wildman–Crippen MR) is 73.0 cm³/mol. The van der Waals surface area contributed by atoms with E-state index in [9.17, 15) is 4.39 Å². The van der Waals surface area contributed by atoms with Crippen LogP contribution in [0.2, 0.25) is 0 Å². The zero-order chi connectivity index (χ0) is 12.6. The van der Waals surface area contributed by atoms with Gasteiger partial charge in [0, 0.05) is 25.2 Å². The molecule has 0 saturated carbocycles. The Morgan fingerprint density at radius 2 is 1.78 bits per heavy atom. The molecule has 2 rings (SSSR count). The normalized spacial score (nSPS) is 17.6. The minimum Gasteiger partial charge on any atom is -0.311 e. The molecule has 0 radical (unpaired) electrons. The highest BCUT2D eigenvalue weighted by Gasteiger charge is 2.08. The lowest BCUT2D eigenvalue weighted by molar-refractivity contribution is 0.284. The van der Waals surface area contributed by atoms with Gasteiger partial charge in [-0.2, -0.15) is 0 Å². The second-order valence-electron chi connectivity index (χ2n) is 5.02. The Bertz CT molecular complexity index is 346. The number of nitrogens with zero attached hydrogens (tertiary/aromatic N) is 1. The smallest absolute Gasteiger partial charge is 0.127 e. The van der Waals surface area contributed by atoms with Crippen molar-refractivity contribution in [2.45, 2.75) is 32.2 Å². The first-order valence-corrected chi connectivity index (χ1v) is 7.03. The van der Waals surface area contributed by atoms with Crippen molar-refractivity contribution in [2.75, 3.05) is 26.2 Å². The topological polar surface area (TPSA) is 15.3 Å². The first-order valence-electron chi connectivity index (χ1n) is 7.03. The molecule has 1 N–H and O–H groups in total. The Morgan fingerprint density at radius 3 is 2.50 bits per heavy atom. The van der Waals surface area contributed by atoms with Crippen LogP contribution >= 0.6 is 0 Å². The lowest BCUT2D eigenvalue weighted by Crippen LogP contribution is -2.32. The van der Waals surface area contributed by atoms with Crippen molar-refractivity contribution in [1.82, 2.24) is 10.2 Å². The van der Waals surface area contributed by atoms with Crippen LogP contribution in [-0.2, 0) is 6.54 Å². The number of rotatable bonds is 5. The molecule has 3 heteroatoms. The van der Waals surface area contributed by atoms with E-state index in [4.69, 9.17) is 0 Å². The molecule has 1 saturated heterocycles. The summed E-state index contributed by atoms with van der Waals surface area (Å²) in [7, 11) is 0. The maximum atomic E-state index is 13.4. The minimum atomic E-state index is -0.111. The first-order chi connectivity index (χ1) is 8.86. The molecule has 0 aromatic heterocycles. The third-order valence-corrected chi connectivity index (χ3v) is 3.58. The van der Waals surface area contributed by atoms with Crippen LogP contribution in [0.1, 0.15) is 31.2 Å². The molecule has 100 valence electrons. The van der Waals surface area contributed by atoms with Crippen molar-refractivity contribution in [3.63, 3.8) is 0 Å². The average Bonchev–Trinajstić information content (AvgIpc) is 2.65. The molecule has 0 spiro atoms. The van der Waals surface area contributed by atoms with E-state index in [1.54, 1.807) is 6.07 Å². The van der Waals surface area contributed by atoms with E-state index in [-0.39, 0.29) is 5.82 Å². The maximum absolute atomic E-state index is 13.4. The summed E-state index contributed by atoms with van der Waals surface area (Å²) in [5.74, 6) is -0.111. The van der Waals surface area contributed by atoms with E-state index in [1.165, 1.54) is 44.8 Å².